The second-order valence-corrected chi connectivity index (χ2v) is 6.23. The Kier molecular flexibility index (Phi) is 7.18. The summed E-state index contributed by atoms with van der Waals surface area (Å²) in [5, 5.41) is 3.61. The van der Waals surface area contributed by atoms with E-state index in [1.807, 2.05) is 0 Å². The van der Waals surface area contributed by atoms with Gasteiger partial charge in [-0.05, 0) is 44.1 Å². The molecule has 0 bridgehead atoms. The molecule has 0 amide bonds. The highest BCUT2D eigenvalue weighted by Crippen LogP contribution is 2.34. The number of rotatable bonds is 7. The minimum absolute atomic E-state index is 0.769. The van der Waals surface area contributed by atoms with Crippen LogP contribution in [0.3, 0.4) is 0 Å². The molecule has 1 nitrogen and oxygen atoms in total. The molecule has 0 aromatic carbocycles. The first-order chi connectivity index (χ1) is 8.21. The maximum absolute atomic E-state index is 3.61. The van der Waals surface area contributed by atoms with Gasteiger partial charge in [0, 0.05) is 6.04 Å². The molecule has 0 aliphatic heterocycles. The second-order valence-electron chi connectivity index (χ2n) is 6.23. The van der Waals surface area contributed by atoms with Gasteiger partial charge in [-0.1, -0.05) is 52.9 Å². The van der Waals surface area contributed by atoms with Crippen LogP contribution in [-0.4, -0.2) is 13.1 Å². The lowest BCUT2D eigenvalue weighted by atomic mass is 9.75. The zero-order chi connectivity index (χ0) is 12.7. The molecular weight excluding hydrogens is 206 g/mol. The lowest BCUT2D eigenvalue weighted by Gasteiger charge is -2.35. The molecule has 4 atom stereocenters. The molecule has 0 aromatic rings. The van der Waals surface area contributed by atoms with Gasteiger partial charge >= 0.3 is 0 Å². The highest BCUT2D eigenvalue weighted by Gasteiger charge is 2.27. The summed E-state index contributed by atoms with van der Waals surface area (Å²) in [5.41, 5.74) is 0. The maximum Gasteiger partial charge on any atom is 0.00949 e. The average molecular weight is 239 g/mol. The van der Waals surface area contributed by atoms with E-state index in [2.05, 4.69) is 33.1 Å². The van der Waals surface area contributed by atoms with E-state index in [9.17, 15) is 0 Å². The fraction of sp³-hybridized carbons (Fsp3) is 1.00. The molecule has 0 heterocycles. The van der Waals surface area contributed by atoms with Crippen LogP contribution in [0.2, 0.25) is 0 Å². The van der Waals surface area contributed by atoms with Crippen LogP contribution in [0.1, 0.15) is 72.1 Å². The summed E-state index contributed by atoms with van der Waals surface area (Å²) in [7, 11) is 2.17. The number of hydrogen-bond acceptors (Lipinski definition) is 1. The van der Waals surface area contributed by atoms with Crippen LogP contribution < -0.4 is 5.32 Å². The lowest BCUT2D eigenvalue weighted by molar-refractivity contribution is 0.194. The second kappa shape index (κ2) is 8.13. The highest BCUT2D eigenvalue weighted by molar-refractivity contribution is 4.82. The van der Waals surface area contributed by atoms with Crippen LogP contribution in [0.5, 0.6) is 0 Å². The fourth-order valence-corrected chi connectivity index (χ4v) is 3.66. The van der Waals surface area contributed by atoms with E-state index in [0.717, 1.165) is 23.8 Å². The van der Waals surface area contributed by atoms with E-state index in [-0.39, 0.29) is 0 Å². The first-order valence-corrected chi connectivity index (χ1v) is 7.88. The van der Waals surface area contributed by atoms with Gasteiger partial charge in [0.15, 0.2) is 0 Å². The van der Waals surface area contributed by atoms with Crippen molar-refractivity contribution in [3.8, 4) is 0 Å². The fourth-order valence-electron chi connectivity index (χ4n) is 3.66. The molecule has 4 unspecified atom stereocenters. The summed E-state index contributed by atoms with van der Waals surface area (Å²) in [4.78, 5) is 0. The topological polar surface area (TPSA) is 12.0 Å². The first kappa shape index (κ1) is 15.0. The van der Waals surface area contributed by atoms with Crippen molar-refractivity contribution in [3.05, 3.63) is 0 Å². The molecule has 0 saturated heterocycles. The Hall–Kier alpha value is -0.0400. The maximum atomic E-state index is 3.61. The molecule has 0 radical (unpaired) electrons. The molecule has 0 spiro atoms. The lowest BCUT2D eigenvalue weighted by Crippen LogP contribution is -2.37. The van der Waals surface area contributed by atoms with E-state index < -0.39 is 0 Å². The molecule has 1 heteroatoms. The van der Waals surface area contributed by atoms with Crippen LogP contribution in [0.25, 0.3) is 0 Å². The molecule has 1 N–H and O–H groups in total. The Morgan fingerprint density at radius 3 is 2.59 bits per heavy atom. The van der Waals surface area contributed by atoms with E-state index in [0.29, 0.717) is 0 Å². The summed E-state index contributed by atoms with van der Waals surface area (Å²) in [6, 6.07) is 0.769. The van der Waals surface area contributed by atoms with Gasteiger partial charge in [-0.15, -0.1) is 0 Å². The minimum Gasteiger partial charge on any atom is -0.317 e. The monoisotopic (exact) mass is 239 g/mol. The van der Waals surface area contributed by atoms with Gasteiger partial charge in [0.2, 0.25) is 0 Å². The first-order valence-electron chi connectivity index (χ1n) is 7.88. The molecule has 1 aliphatic rings. The summed E-state index contributed by atoms with van der Waals surface area (Å²) in [6.45, 7) is 7.09. The molecule has 0 aromatic heterocycles. The molecule has 1 fully saturated rings. The van der Waals surface area contributed by atoms with Crippen LogP contribution in [0.4, 0.5) is 0 Å². The van der Waals surface area contributed by atoms with Crippen molar-refractivity contribution >= 4 is 0 Å². The molecule has 1 saturated carbocycles. The zero-order valence-electron chi connectivity index (χ0n) is 12.5. The van der Waals surface area contributed by atoms with E-state index in [4.69, 9.17) is 0 Å². The van der Waals surface area contributed by atoms with Crippen molar-refractivity contribution in [2.75, 3.05) is 7.05 Å². The van der Waals surface area contributed by atoms with Gasteiger partial charge in [-0.3, -0.25) is 0 Å². The Labute approximate surface area is 109 Å². The van der Waals surface area contributed by atoms with E-state index >= 15 is 0 Å². The Morgan fingerprint density at radius 2 is 2.00 bits per heavy atom. The molecule has 102 valence electrons. The van der Waals surface area contributed by atoms with Gasteiger partial charge in [0.25, 0.3) is 0 Å². The van der Waals surface area contributed by atoms with Gasteiger partial charge < -0.3 is 5.32 Å². The van der Waals surface area contributed by atoms with Crippen molar-refractivity contribution in [1.82, 2.24) is 5.32 Å². The van der Waals surface area contributed by atoms with Crippen LogP contribution in [0.15, 0.2) is 0 Å². The zero-order valence-corrected chi connectivity index (χ0v) is 12.5. The SMILES string of the molecule is CCCC(C)CC(NC)C1CCCC(CC)C1. The van der Waals surface area contributed by atoms with Crippen LogP contribution in [-0.2, 0) is 0 Å². The van der Waals surface area contributed by atoms with Crippen molar-refractivity contribution in [2.24, 2.45) is 17.8 Å². The third-order valence-corrected chi connectivity index (χ3v) is 4.78. The molecule has 17 heavy (non-hydrogen) atoms. The third-order valence-electron chi connectivity index (χ3n) is 4.78. The predicted molar refractivity (Wildman–Crippen MR) is 77.3 cm³/mol. The Balaban J connectivity index is 2.42. The third kappa shape index (κ3) is 4.99. The van der Waals surface area contributed by atoms with Gasteiger partial charge in [-0.2, -0.15) is 0 Å². The largest absolute Gasteiger partial charge is 0.317 e. The summed E-state index contributed by atoms with van der Waals surface area (Å²) < 4.78 is 0. The number of nitrogens with one attached hydrogen (secondary N) is 1. The predicted octanol–water partition coefficient (Wildman–Crippen LogP) is 4.62. The Bertz CT molecular complexity index is 190. The molecule has 1 rings (SSSR count). The number of hydrogen-bond donors (Lipinski definition) is 1. The smallest absolute Gasteiger partial charge is 0.00949 e. The summed E-state index contributed by atoms with van der Waals surface area (Å²) in [5.74, 6) is 2.84. The average Bonchev–Trinajstić information content (AvgIpc) is 2.36. The standard InChI is InChI=1S/C16H33N/c1-5-8-13(3)11-16(17-4)15-10-7-9-14(6-2)12-15/h13-17H,5-12H2,1-4H3. The molecular formula is C16H33N. The van der Waals surface area contributed by atoms with Crippen molar-refractivity contribution < 1.29 is 0 Å². The van der Waals surface area contributed by atoms with E-state index in [1.54, 1.807) is 0 Å². The quantitative estimate of drug-likeness (QED) is 0.683. The van der Waals surface area contributed by atoms with Crippen LogP contribution in [0, 0.1) is 17.8 Å². The van der Waals surface area contributed by atoms with Gasteiger partial charge in [0.05, 0.1) is 0 Å². The van der Waals surface area contributed by atoms with Crippen LogP contribution >= 0.6 is 0 Å². The normalized spacial score (nSPS) is 28.9. The van der Waals surface area contributed by atoms with Gasteiger partial charge in [0.1, 0.15) is 0 Å². The van der Waals surface area contributed by atoms with E-state index in [1.165, 1.54) is 51.4 Å². The summed E-state index contributed by atoms with van der Waals surface area (Å²) in [6.07, 6.45) is 11.4. The minimum atomic E-state index is 0.769. The Morgan fingerprint density at radius 1 is 1.24 bits per heavy atom. The van der Waals surface area contributed by atoms with Crippen molar-refractivity contribution in [1.29, 1.82) is 0 Å². The summed E-state index contributed by atoms with van der Waals surface area (Å²) >= 11 is 0. The van der Waals surface area contributed by atoms with Crippen molar-refractivity contribution in [2.45, 2.75) is 78.2 Å². The molecule has 1 aliphatic carbocycles. The van der Waals surface area contributed by atoms with Crippen molar-refractivity contribution in [3.63, 3.8) is 0 Å². The van der Waals surface area contributed by atoms with Gasteiger partial charge in [-0.25, -0.2) is 0 Å². The highest BCUT2D eigenvalue weighted by atomic mass is 14.9.